The number of rotatable bonds is 5. The van der Waals surface area contributed by atoms with E-state index in [0.717, 1.165) is 10.3 Å². The first-order valence-corrected chi connectivity index (χ1v) is 9.42. The number of aromatic nitrogens is 5. The van der Waals surface area contributed by atoms with E-state index in [1.54, 1.807) is 50.2 Å². The number of nitrogens with zero attached hydrogens (tertiary/aromatic N) is 5. The summed E-state index contributed by atoms with van der Waals surface area (Å²) >= 11 is 0. The van der Waals surface area contributed by atoms with Crippen LogP contribution in [0.3, 0.4) is 0 Å². The second-order valence-electron chi connectivity index (χ2n) is 7.13. The van der Waals surface area contributed by atoms with E-state index in [9.17, 15) is 20.3 Å². The Bertz CT molecular complexity index is 1300. The predicted molar refractivity (Wildman–Crippen MR) is 109 cm³/mol. The number of fused-ring (bicyclic) bond motifs is 2. The molecule has 0 bridgehead atoms. The summed E-state index contributed by atoms with van der Waals surface area (Å²) in [6, 6.07) is 9.23. The van der Waals surface area contributed by atoms with Gasteiger partial charge in [0, 0.05) is 19.1 Å². The van der Waals surface area contributed by atoms with E-state index in [1.807, 2.05) is 6.92 Å². The van der Waals surface area contributed by atoms with Crippen LogP contribution < -0.4 is 14.8 Å². The second kappa shape index (κ2) is 7.14. The summed E-state index contributed by atoms with van der Waals surface area (Å²) in [6.07, 6.45) is 0.344. The first-order chi connectivity index (χ1) is 14.3. The molecular weight excluding hydrogens is 388 g/mol. The SMILES string of the molecule is CCC(C(=O)O)n1nc2ccc(Nc3c(C)[n+]([O-])c4ccc(C)cc4[n+]3[O-])cc2n1. The number of hydrogen-bond donors (Lipinski definition) is 2. The van der Waals surface area contributed by atoms with Crippen molar-refractivity contribution in [2.45, 2.75) is 33.2 Å². The van der Waals surface area contributed by atoms with E-state index in [1.165, 1.54) is 4.80 Å². The van der Waals surface area contributed by atoms with Gasteiger partial charge in [-0.15, -0.1) is 0 Å². The maximum Gasteiger partial charge on any atom is 0.352 e. The molecule has 1 unspecified atom stereocenters. The monoisotopic (exact) mass is 408 g/mol. The highest BCUT2D eigenvalue weighted by Crippen LogP contribution is 2.22. The molecule has 1 atom stereocenters. The molecule has 2 N–H and O–H groups in total. The number of anilines is 2. The summed E-state index contributed by atoms with van der Waals surface area (Å²) in [4.78, 5) is 12.6. The van der Waals surface area contributed by atoms with Crippen molar-refractivity contribution in [2.75, 3.05) is 5.32 Å². The summed E-state index contributed by atoms with van der Waals surface area (Å²) in [6.45, 7) is 5.16. The van der Waals surface area contributed by atoms with Crippen molar-refractivity contribution in [3.05, 3.63) is 58.1 Å². The number of benzene rings is 2. The highest BCUT2D eigenvalue weighted by Gasteiger charge is 2.24. The standard InChI is InChI=1S/C20H20N6O4/c1-4-16(20(27)28)26-22-14-7-6-13(10-15(14)23-26)21-19-12(3)24(29)17-8-5-11(2)9-18(17)25(19)30/h5-10,16,21H,4H2,1-3H3,(H,27,28). The average Bonchev–Trinajstić information content (AvgIpc) is 3.12. The zero-order chi connectivity index (χ0) is 21.6. The van der Waals surface area contributed by atoms with Gasteiger partial charge < -0.3 is 15.5 Å². The minimum absolute atomic E-state index is 0.104. The maximum atomic E-state index is 12.9. The van der Waals surface area contributed by atoms with E-state index in [-0.39, 0.29) is 22.5 Å². The highest BCUT2D eigenvalue weighted by molar-refractivity contribution is 5.80. The number of aryl methyl sites for hydroxylation is 1. The van der Waals surface area contributed by atoms with Gasteiger partial charge in [-0.05, 0) is 37.1 Å². The molecule has 154 valence electrons. The molecule has 2 aromatic carbocycles. The zero-order valence-corrected chi connectivity index (χ0v) is 16.7. The highest BCUT2D eigenvalue weighted by atomic mass is 16.5. The van der Waals surface area contributed by atoms with Crippen molar-refractivity contribution < 1.29 is 19.4 Å². The van der Waals surface area contributed by atoms with Crippen LogP contribution in [-0.4, -0.2) is 26.1 Å². The molecule has 2 aromatic heterocycles. The van der Waals surface area contributed by atoms with Crippen LogP contribution in [0.5, 0.6) is 0 Å². The van der Waals surface area contributed by atoms with Crippen LogP contribution in [0.1, 0.15) is 30.6 Å². The van der Waals surface area contributed by atoms with Crippen molar-refractivity contribution in [3.63, 3.8) is 0 Å². The van der Waals surface area contributed by atoms with Crippen LogP contribution in [0.2, 0.25) is 0 Å². The van der Waals surface area contributed by atoms with E-state index < -0.39 is 12.0 Å². The molecule has 4 rings (SSSR count). The Morgan fingerprint density at radius 1 is 1.10 bits per heavy atom. The van der Waals surface area contributed by atoms with Gasteiger partial charge in [-0.2, -0.15) is 19.7 Å². The molecule has 10 nitrogen and oxygen atoms in total. The molecule has 0 fully saturated rings. The molecule has 30 heavy (non-hydrogen) atoms. The number of nitrogens with one attached hydrogen (secondary N) is 1. The fourth-order valence-electron chi connectivity index (χ4n) is 3.38. The summed E-state index contributed by atoms with van der Waals surface area (Å²) in [5, 5.41) is 46.4. The Balaban J connectivity index is 1.77. The van der Waals surface area contributed by atoms with Crippen molar-refractivity contribution in [1.29, 1.82) is 0 Å². The van der Waals surface area contributed by atoms with Crippen molar-refractivity contribution in [2.24, 2.45) is 0 Å². The number of aliphatic carboxylic acids is 1. The van der Waals surface area contributed by atoms with Crippen LogP contribution >= 0.6 is 0 Å². The molecule has 0 aliphatic rings. The summed E-state index contributed by atoms with van der Waals surface area (Å²) < 4.78 is 1.42. The summed E-state index contributed by atoms with van der Waals surface area (Å²) in [5.41, 5.74) is 3.17. The zero-order valence-electron chi connectivity index (χ0n) is 16.7. The molecule has 4 aromatic rings. The third-order valence-corrected chi connectivity index (χ3v) is 5.03. The van der Waals surface area contributed by atoms with E-state index in [2.05, 4.69) is 15.5 Å². The third-order valence-electron chi connectivity index (χ3n) is 5.03. The van der Waals surface area contributed by atoms with Crippen LogP contribution in [0.15, 0.2) is 36.4 Å². The minimum Gasteiger partial charge on any atom is -0.710 e. The van der Waals surface area contributed by atoms with Gasteiger partial charge in [0.2, 0.25) is 5.52 Å². The van der Waals surface area contributed by atoms with Gasteiger partial charge in [0.1, 0.15) is 16.7 Å². The lowest BCUT2D eigenvalue weighted by Gasteiger charge is -2.14. The van der Waals surface area contributed by atoms with Crippen molar-refractivity contribution >= 4 is 39.5 Å². The quantitative estimate of drug-likeness (QED) is 0.382. The van der Waals surface area contributed by atoms with Gasteiger partial charge >= 0.3 is 11.8 Å². The molecule has 0 aliphatic carbocycles. The van der Waals surface area contributed by atoms with Crippen LogP contribution in [-0.2, 0) is 4.79 Å². The normalized spacial score (nSPS) is 12.4. The minimum atomic E-state index is -1.01. The molecule has 0 spiro atoms. The molecule has 2 heterocycles. The molecule has 0 saturated carbocycles. The first-order valence-electron chi connectivity index (χ1n) is 9.42. The lowest BCUT2D eigenvalue weighted by atomic mass is 10.2. The van der Waals surface area contributed by atoms with Crippen molar-refractivity contribution in [1.82, 2.24) is 15.0 Å². The smallest absolute Gasteiger partial charge is 0.352 e. The topological polar surface area (TPSA) is 134 Å². The Kier molecular flexibility index (Phi) is 4.61. The molecule has 0 aliphatic heterocycles. The van der Waals surface area contributed by atoms with Gasteiger partial charge in [-0.3, -0.25) is 0 Å². The van der Waals surface area contributed by atoms with Gasteiger partial charge in [0.05, 0.1) is 0 Å². The van der Waals surface area contributed by atoms with Gasteiger partial charge in [0.15, 0.2) is 6.04 Å². The second-order valence-corrected chi connectivity index (χ2v) is 7.13. The number of carboxylic acids is 1. The summed E-state index contributed by atoms with van der Waals surface area (Å²) in [5.74, 6) is -0.905. The van der Waals surface area contributed by atoms with Crippen LogP contribution in [0.25, 0.3) is 22.1 Å². The maximum absolute atomic E-state index is 12.9. The van der Waals surface area contributed by atoms with E-state index >= 15 is 0 Å². The largest absolute Gasteiger partial charge is 0.710 e. The Morgan fingerprint density at radius 3 is 2.53 bits per heavy atom. The number of carbonyl (C=O) groups is 1. The van der Waals surface area contributed by atoms with Gasteiger partial charge in [-0.25, -0.2) is 14.8 Å². The van der Waals surface area contributed by atoms with Crippen LogP contribution in [0.4, 0.5) is 11.5 Å². The van der Waals surface area contributed by atoms with E-state index in [4.69, 9.17) is 0 Å². The summed E-state index contributed by atoms with van der Waals surface area (Å²) in [7, 11) is 0. The van der Waals surface area contributed by atoms with Crippen LogP contribution in [0, 0.1) is 24.3 Å². The average molecular weight is 408 g/mol. The number of hydrogen-bond acceptors (Lipinski definition) is 6. The fourth-order valence-corrected chi connectivity index (χ4v) is 3.38. The fraction of sp³-hybridized carbons (Fsp3) is 0.250. The van der Waals surface area contributed by atoms with Crippen molar-refractivity contribution in [3.8, 4) is 0 Å². The van der Waals surface area contributed by atoms with Gasteiger partial charge in [0.25, 0.3) is 11.2 Å². The molecule has 0 saturated heterocycles. The van der Waals surface area contributed by atoms with Gasteiger partial charge in [-0.1, -0.05) is 13.0 Å². The number of carboxylic acid groups (broad SMARTS) is 1. The molecule has 0 radical (unpaired) electrons. The van der Waals surface area contributed by atoms with E-state index in [0.29, 0.717) is 27.9 Å². The molecule has 10 heteroatoms. The molecular formula is C20H20N6O4. The Hall–Kier alpha value is -3.95. The lowest BCUT2D eigenvalue weighted by molar-refractivity contribution is -0.623. The lowest BCUT2D eigenvalue weighted by Crippen LogP contribution is -2.43. The Labute approximate surface area is 171 Å². The molecule has 0 amide bonds. The third kappa shape index (κ3) is 3.11. The predicted octanol–water partition coefficient (Wildman–Crippen LogP) is 2.25. The Morgan fingerprint density at radius 2 is 1.83 bits per heavy atom. The first kappa shape index (κ1) is 19.4.